The zero-order valence-corrected chi connectivity index (χ0v) is 10.0. The maximum atomic E-state index is 5.96. The van der Waals surface area contributed by atoms with E-state index in [1.165, 1.54) is 0 Å². The third-order valence-electron chi connectivity index (χ3n) is 2.89. The van der Waals surface area contributed by atoms with Crippen molar-refractivity contribution in [3.05, 3.63) is 24.0 Å². The summed E-state index contributed by atoms with van der Waals surface area (Å²) >= 11 is 0. The molecule has 0 aliphatic heterocycles. The van der Waals surface area contributed by atoms with Gasteiger partial charge in [-0.15, -0.1) is 0 Å². The molecule has 0 radical (unpaired) electrons. The number of anilines is 1. The number of pyridine rings is 1. The smallest absolute Gasteiger partial charge is 0.0383 e. The standard InChI is InChI=1S/C12H21N3/c1-9(14-4)7-12(2,3)10-8-15-6-5-11(10)13/h5-6,8-9,14H,7H2,1-4H3,(H2,13,15). The average Bonchev–Trinajstić information content (AvgIpc) is 2.17. The zero-order valence-electron chi connectivity index (χ0n) is 10.0. The van der Waals surface area contributed by atoms with Gasteiger partial charge in [-0.25, -0.2) is 0 Å². The molecule has 15 heavy (non-hydrogen) atoms. The Kier molecular flexibility index (Phi) is 3.69. The third kappa shape index (κ3) is 2.93. The van der Waals surface area contributed by atoms with Crippen molar-refractivity contribution >= 4 is 5.69 Å². The van der Waals surface area contributed by atoms with Crippen LogP contribution in [0.1, 0.15) is 32.8 Å². The van der Waals surface area contributed by atoms with Crippen LogP contribution in [0.15, 0.2) is 18.5 Å². The van der Waals surface area contributed by atoms with Crippen molar-refractivity contribution in [1.82, 2.24) is 10.3 Å². The number of aromatic nitrogens is 1. The van der Waals surface area contributed by atoms with Gasteiger partial charge in [0.25, 0.3) is 0 Å². The summed E-state index contributed by atoms with van der Waals surface area (Å²) < 4.78 is 0. The topological polar surface area (TPSA) is 50.9 Å². The van der Waals surface area contributed by atoms with Crippen molar-refractivity contribution in [2.45, 2.75) is 38.6 Å². The minimum absolute atomic E-state index is 0.0563. The van der Waals surface area contributed by atoms with E-state index in [2.05, 4.69) is 31.1 Å². The lowest BCUT2D eigenvalue weighted by Crippen LogP contribution is -2.31. The lowest BCUT2D eigenvalue weighted by Gasteiger charge is -2.29. The molecule has 0 aliphatic rings. The number of nitrogens with two attached hydrogens (primary N) is 1. The SMILES string of the molecule is CNC(C)CC(C)(C)c1cnccc1N. The van der Waals surface area contributed by atoms with Crippen LogP contribution in [0.3, 0.4) is 0 Å². The normalized spacial score (nSPS) is 13.9. The highest BCUT2D eigenvalue weighted by molar-refractivity contribution is 5.48. The number of hydrogen-bond donors (Lipinski definition) is 2. The molecule has 3 N–H and O–H groups in total. The van der Waals surface area contributed by atoms with Crippen molar-refractivity contribution < 1.29 is 0 Å². The second-order valence-electron chi connectivity index (χ2n) is 4.74. The van der Waals surface area contributed by atoms with Crippen LogP contribution in [0.4, 0.5) is 5.69 Å². The molecule has 0 saturated heterocycles. The summed E-state index contributed by atoms with van der Waals surface area (Å²) in [6.45, 7) is 6.58. The molecule has 0 spiro atoms. The Morgan fingerprint density at radius 1 is 1.53 bits per heavy atom. The van der Waals surface area contributed by atoms with E-state index in [9.17, 15) is 0 Å². The quantitative estimate of drug-likeness (QED) is 0.793. The summed E-state index contributed by atoms with van der Waals surface area (Å²) in [4.78, 5) is 4.14. The van der Waals surface area contributed by atoms with Gasteiger partial charge in [0, 0.05) is 24.1 Å². The second-order valence-corrected chi connectivity index (χ2v) is 4.74. The van der Waals surface area contributed by atoms with Gasteiger partial charge in [0.05, 0.1) is 0 Å². The van der Waals surface area contributed by atoms with Crippen molar-refractivity contribution in [3.63, 3.8) is 0 Å². The summed E-state index contributed by atoms with van der Waals surface area (Å²) in [5, 5.41) is 3.25. The van der Waals surface area contributed by atoms with E-state index in [1.807, 2.05) is 19.3 Å². The van der Waals surface area contributed by atoms with Crippen LogP contribution in [0.25, 0.3) is 0 Å². The minimum Gasteiger partial charge on any atom is -0.398 e. The molecule has 0 fully saturated rings. The molecule has 1 aromatic heterocycles. The van der Waals surface area contributed by atoms with Gasteiger partial charge in [0.1, 0.15) is 0 Å². The van der Waals surface area contributed by atoms with E-state index in [4.69, 9.17) is 5.73 Å². The average molecular weight is 207 g/mol. The fourth-order valence-electron chi connectivity index (χ4n) is 1.95. The van der Waals surface area contributed by atoms with Gasteiger partial charge in [0.2, 0.25) is 0 Å². The number of rotatable bonds is 4. The summed E-state index contributed by atoms with van der Waals surface area (Å²) in [7, 11) is 1.98. The van der Waals surface area contributed by atoms with Crippen molar-refractivity contribution in [1.29, 1.82) is 0 Å². The van der Waals surface area contributed by atoms with E-state index < -0.39 is 0 Å². The molecule has 3 heteroatoms. The molecule has 0 aromatic carbocycles. The zero-order chi connectivity index (χ0) is 11.5. The summed E-state index contributed by atoms with van der Waals surface area (Å²) in [6.07, 6.45) is 4.65. The first-order valence-electron chi connectivity index (χ1n) is 5.34. The fourth-order valence-corrected chi connectivity index (χ4v) is 1.95. The third-order valence-corrected chi connectivity index (χ3v) is 2.89. The molecule has 1 heterocycles. The molecular weight excluding hydrogens is 186 g/mol. The molecule has 0 amide bonds. The number of nitrogens with zero attached hydrogens (tertiary/aromatic N) is 1. The van der Waals surface area contributed by atoms with Crippen molar-refractivity contribution in [3.8, 4) is 0 Å². The lowest BCUT2D eigenvalue weighted by molar-refractivity contribution is 0.405. The highest BCUT2D eigenvalue weighted by Gasteiger charge is 2.24. The van der Waals surface area contributed by atoms with E-state index in [1.54, 1.807) is 6.20 Å². The highest BCUT2D eigenvalue weighted by atomic mass is 14.9. The Balaban J connectivity index is 2.90. The minimum atomic E-state index is 0.0563. The maximum Gasteiger partial charge on any atom is 0.0383 e. The van der Waals surface area contributed by atoms with E-state index >= 15 is 0 Å². The molecule has 84 valence electrons. The number of nitrogen functional groups attached to an aromatic ring is 1. The molecule has 1 atom stereocenters. The van der Waals surface area contributed by atoms with Gasteiger partial charge in [0.15, 0.2) is 0 Å². The van der Waals surface area contributed by atoms with Crippen LogP contribution >= 0.6 is 0 Å². The van der Waals surface area contributed by atoms with Crippen LogP contribution in [0.2, 0.25) is 0 Å². The van der Waals surface area contributed by atoms with Crippen LogP contribution in [-0.4, -0.2) is 18.1 Å². The van der Waals surface area contributed by atoms with Gasteiger partial charge in [-0.2, -0.15) is 0 Å². The van der Waals surface area contributed by atoms with Crippen LogP contribution in [-0.2, 0) is 5.41 Å². The van der Waals surface area contributed by atoms with Gasteiger partial charge >= 0.3 is 0 Å². The predicted octanol–water partition coefficient (Wildman–Crippen LogP) is 1.94. The summed E-state index contributed by atoms with van der Waals surface area (Å²) in [6, 6.07) is 2.33. The van der Waals surface area contributed by atoms with Gasteiger partial charge in [-0.1, -0.05) is 13.8 Å². The van der Waals surface area contributed by atoms with Gasteiger partial charge in [-0.05, 0) is 37.4 Å². The van der Waals surface area contributed by atoms with Gasteiger partial charge in [-0.3, -0.25) is 4.98 Å². The molecule has 1 aromatic rings. The van der Waals surface area contributed by atoms with E-state index in [-0.39, 0.29) is 5.41 Å². The fraction of sp³-hybridized carbons (Fsp3) is 0.583. The Labute approximate surface area is 92.1 Å². The lowest BCUT2D eigenvalue weighted by atomic mass is 9.79. The molecular formula is C12H21N3. The first-order valence-corrected chi connectivity index (χ1v) is 5.34. The number of nitrogens with one attached hydrogen (secondary N) is 1. The van der Waals surface area contributed by atoms with Crippen molar-refractivity contribution in [2.75, 3.05) is 12.8 Å². The molecule has 0 aliphatic carbocycles. The maximum absolute atomic E-state index is 5.96. The molecule has 1 unspecified atom stereocenters. The van der Waals surface area contributed by atoms with E-state index in [0.29, 0.717) is 6.04 Å². The largest absolute Gasteiger partial charge is 0.398 e. The van der Waals surface area contributed by atoms with Crippen LogP contribution in [0, 0.1) is 0 Å². The molecule has 0 bridgehead atoms. The molecule has 3 nitrogen and oxygen atoms in total. The Morgan fingerprint density at radius 3 is 2.73 bits per heavy atom. The predicted molar refractivity (Wildman–Crippen MR) is 64.8 cm³/mol. The Morgan fingerprint density at radius 2 is 2.20 bits per heavy atom. The summed E-state index contributed by atoms with van der Waals surface area (Å²) in [5.41, 5.74) is 7.98. The Hall–Kier alpha value is -1.09. The highest BCUT2D eigenvalue weighted by Crippen LogP contribution is 2.31. The number of hydrogen-bond acceptors (Lipinski definition) is 3. The first-order chi connectivity index (χ1) is 6.97. The van der Waals surface area contributed by atoms with Crippen molar-refractivity contribution in [2.24, 2.45) is 0 Å². The first kappa shape index (κ1) is 12.0. The molecule has 1 rings (SSSR count). The Bertz CT molecular complexity index is 320. The summed E-state index contributed by atoms with van der Waals surface area (Å²) in [5.74, 6) is 0. The van der Waals surface area contributed by atoms with Gasteiger partial charge < -0.3 is 11.1 Å². The molecule has 0 saturated carbocycles. The van der Waals surface area contributed by atoms with Crippen LogP contribution < -0.4 is 11.1 Å². The second kappa shape index (κ2) is 4.62. The monoisotopic (exact) mass is 207 g/mol. The van der Waals surface area contributed by atoms with Crippen LogP contribution in [0.5, 0.6) is 0 Å². The van der Waals surface area contributed by atoms with E-state index in [0.717, 1.165) is 17.7 Å².